The number of benzene rings is 1. The van der Waals surface area contributed by atoms with Gasteiger partial charge in [-0.1, -0.05) is 0 Å². The number of thiophene rings is 1. The first-order chi connectivity index (χ1) is 29.8. The fourth-order valence-corrected chi connectivity index (χ4v) is 9.47. The number of anilines is 4. The monoisotopic (exact) mass is 844 g/mol. The molecule has 0 N–H and O–H groups in total. The van der Waals surface area contributed by atoms with Crippen LogP contribution in [0.4, 0.5) is 23.5 Å². The van der Waals surface area contributed by atoms with Crippen molar-refractivity contribution < 1.29 is 18.9 Å². The molecule has 3 atom stereocenters. The van der Waals surface area contributed by atoms with Gasteiger partial charge in [0.1, 0.15) is 17.4 Å². The third-order valence-corrected chi connectivity index (χ3v) is 12.8. The number of hydrogen-bond acceptors (Lipinski definition) is 15. The summed E-state index contributed by atoms with van der Waals surface area (Å²) < 4.78 is 22.3. The zero-order valence-electron chi connectivity index (χ0n) is 35.9. The van der Waals surface area contributed by atoms with Crippen LogP contribution in [0.15, 0.2) is 60.7 Å². The Morgan fingerprint density at radius 2 is 1.20 bits per heavy atom. The number of fused-ring (bicyclic) bond motifs is 2. The molecule has 0 amide bonds. The average molecular weight is 845 g/mol. The van der Waals surface area contributed by atoms with Gasteiger partial charge in [-0.2, -0.15) is 19.9 Å². The van der Waals surface area contributed by atoms with Gasteiger partial charge in [-0.25, -0.2) is 9.97 Å². The quantitative estimate of drug-likeness (QED) is 0.158. The Hall–Kier alpha value is -5.22. The lowest BCUT2D eigenvalue weighted by atomic mass is 10.0. The maximum atomic E-state index is 5.91. The van der Waals surface area contributed by atoms with E-state index in [0.29, 0.717) is 19.3 Å². The fourth-order valence-electron chi connectivity index (χ4n) is 8.64. The van der Waals surface area contributed by atoms with Crippen LogP contribution in [-0.4, -0.2) is 128 Å². The number of morpholine rings is 3. The summed E-state index contributed by atoms with van der Waals surface area (Å²) in [5, 5.41) is 1.99. The van der Waals surface area contributed by atoms with Gasteiger partial charge >= 0.3 is 0 Å². The van der Waals surface area contributed by atoms with Gasteiger partial charge in [-0.3, -0.25) is 0 Å². The van der Waals surface area contributed by atoms with Crippen molar-refractivity contribution in [1.82, 2.24) is 29.9 Å². The number of piperidine rings is 1. The van der Waals surface area contributed by atoms with Crippen LogP contribution in [0, 0.1) is 6.92 Å². The Kier molecular flexibility index (Phi) is 12.4. The molecule has 14 nitrogen and oxygen atoms in total. The van der Waals surface area contributed by atoms with Crippen molar-refractivity contribution >= 4 is 56.9 Å². The third kappa shape index (κ3) is 9.20. The number of ether oxygens (including phenoxy) is 4. The van der Waals surface area contributed by atoms with Crippen LogP contribution in [0.25, 0.3) is 43.9 Å². The van der Waals surface area contributed by atoms with Crippen LogP contribution >= 0.6 is 11.3 Å². The van der Waals surface area contributed by atoms with E-state index >= 15 is 0 Å². The highest BCUT2D eigenvalue weighted by molar-refractivity contribution is 7.15. The molecule has 10 rings (SSSR count). The van der Waals surface area contributed by atoms with E-state index in [0.717, 1.165) is 132 Å². The largest absolute Gasteiger partial charge is 0.497 e. The molecule has 3 unspecified atom stereocenters. The van der Waals surface area contributed by atoms with Crippen molar-refractivity contribution in [1.29, 1.82) is 0 Å². The predicted molar refractivity (Wildman–Crippen MR) is 244 cm³/mol. The lowest BCUT2D eigenvalue weighted by molar-refractivity contribution is -0.00570. The van der Waals surface area contributed by atoms with E-state index in [1.807, 2.05) is 24.3 Å². The van der Waals surface area contributed by atoms with E-state index in [9.17, 15) is 0 Å². The van der Waals surface area contributed by atoms with Crippen molar-refractivity contribution in [3.05, 3.63) is 65.5 Å². The van der Waals surface area contributed by atoms with E-state index in [2.05, 4.69) is 83.7 Å². The minimum absolute atomic E-state index is 0.147. The van der Waals surface area contributed by atoms with Gasteiger partial charge in [0, 0.05) is 62.3 Å². The maximum Gasteiger partial charge on any atom is 0.229 e. The van der Waals surface area contributed by atoms with Gasteiger partial charge in [0.05, 0.1) is 72.8 Å². The predicted octanol–water partition coefficient (Wildman–Crippen LogP) is 7.43. The van der Waals surface area contributed by atoms with Gasteiger partial charge in [0.15, 0.2) is 11.3 Å². The molecule has 0 aliphatic carbocycles. The van der Waals surface area contributed by atoms with Gasteiger partial charge in [-0.15, -0.1) is 11.3 Å². The molecular formula is C46H56N10O4S. The van der Waals surface area contributed by atoms with Crippen LogP contribution < -0.4 is 24.3 Å². The van der Waals surface area contributed by atoms with E-state index in [4.69, 9.17) is 48.9 Å². The van der Waals surface area contributed by atoms with E-state index in [1.54, 1.807) is 18.4 Å². The number of hydrogen-bond donors (Lipinski definition) is 0. The fraction of sp³-hybridized carbons (Fsp3) is 0.478. The molecule has 5 aromatic heterocycles. The second-order valence-electron chi connectivity index (χ2n) is 16.4. The number of aromatic nitrogens is 6. The Morgan fingerprint density at radius 1 is 0.607 bits per heavy atom. The summed E-state index contributed by atoms with van der Waals surface area (Å²) in [5.74, 6) is 4.28. The van der Waals surface area contributed by atoms with Crippen LogP contribution in [0.3, 0.4) is 0 Å². The van der Waals surface area contributed by atoms with Gasteiger partial charge < -0.3 is 38.5 Å². The van der Waals surface area contributed by atoms with Crippen LogP contribution in [-0.2, 0) is 14.2 Å². The Morgan fingerprint density at radius 3 is 1.79 bits per heavy atom. The minimum atomic E-state index is 0.147. The summed E-state index contributed by atoms with van der Waals surface area (Å²) in [7, 11) is 1.68. The van der Waals surface area contributed by atoms with Gasteiger partial charge in [-0.05, 0) is 108 Å². The Labute approximate surface area is 361 Å². The number of nitrogens with zero attached hydrogens (tertiary/aromatic N) is 10. The number of aryl methyl sites for hydroxylation is 1. The first-order valence-corrected chi connectivity index (χ1v) is 22.5. The minimum Gasteiger partial charge on any atom is -0.497 e. The second-order valence-corrected chi connectivity index (χ2v) is 17.7. The van der Waals surface area contributed by atoms with Gasteiger partial charge in [0.25, 0.3) is 0 Å². The second kappa shape index (κ2) is 18.4. The smallest absolute Gasteiger partial charge is 0.229 e. The Balaban J connectivity index is 0.000000156. The number of rotatable bonds is 7. The molecule has 320 valence electrons. The van der Waals surface area contributed by atoms with Crippen molar-refractivity contribution in [3.63, 3.8) is 0 Å². The highest BCUT2D eigenvalue weighted by Crippen LogP contribution is 2.34. The molecular weight excluding hydrogens is 789 g/mol. The summed E-state index contributed by atoms with van der Waals surface area (Å²) >= 11 is 1.75. The third-order valence-electron chi connectivity index (χ3n) is 11.8. The molecule has 6 aromatic rings. The highest BCUT2D eigenvalue weighted by Gasteiger charge is 2.28. The molecule has 0 radical (unpaired) electrons. The van der Waals surface area contributed by atoms with E-state index in [1.165, 1.54) is 24.1 Å². The molecule has 0 bridgehead atoms. The summed E-state index contributed by atoms with van der Waals surface area (Å²) in [6.07, 6.45) is 3.91. The molecule has 4 saturated heterocycles. The molecule has 15 heteroatoms. The normalized spacial score (nSPS) is 21.1. The Bertz CT molecular complexity index is 2430. The van der Waals surface area contributed by atoms with Crippen LogP contribution in [0.2, 0.25) is 0 Å². The lowest BCUT2D eigenvalue weighted by Gasteiger charge is -2.36. The van der Waals surface area contributed by atoms with Crippen LogP contribution in [0.1, 0.15) is 44.9 Å². The first kappa shape index (κ1) is 41.1. The summed E-state index contributed by atoms with van der Waals surface area (Å²) in [5.41, 5.74) is 4.40. The van der Waals surface area contributed by atoms with Gasteiger partial charge in [0.2, 0.25) is 11.9 Å². The van der Waals surface area contributed by atoms with Crippen molar-refractivity contribution in [2.75, 3.05) is 99.0 Å². The van der Waals surface area contributed by atoms with Crippen molar-refractivity contribution in [3.8, 4) is 27.6 Å². The summed E-state index contributed by atoms with van der Waals surface area (Å²) in [6.45, 7) is 17.3. The summed E-state index contributed by atoms with van der Waals surface area (Å²) in [4.78, 5) is 41.4. The highest BCUT2D eigenvalue weighted by atomic mass is 32.1. The molecule has 9 heterocycles. The average Bonchev–Trinajstić information content (AvgIpc) is 3.74. The summed E-state index contributed by atoms with van der Waals surface area (Å²) in [6, 6.07) is 21.0. The molecule has 1 aromatic carbocycles. The zero-order valence-corrected chi connectivity index (χ0v) is 36.7. The van der Waals surface area contributed by atoms with Crippen molar-refractivity contribution in [2.45, 2.75) is 65.2 Å². The molecule has 4 aliphatic heterocycles. The molecule has 0 saturated carbocycles. The maximum absolute atomic E-state index is 5.91. The zero-order chi connectivity index (χ0) is 41.9. The van der Waals surface area contributed by atoms with E-state index in [-0.39, 0.29) is 12.2 Å². The molecule has 61 heavy (non-hydrogen) atoms. The first-order valence-electron chi connectivity index (χ1n) is 21.7. The van der Waals surface area contributed by atoms with E-state index < -0.39 is 0 Å². The SMILES string of the molecule is COc1ccc(-c2ccc3c(N4CCOCC4)nc(N4CCCCC4C)nc3n2)cc1.Cc1ccc(-c2ccc3c(N4CCOCC4)nc(N4CC(C)OC(C)C4)nc3n2)s1. The lowest BCUT2D eigenvalue weighted by Crippen LogP contribution is -2.46. The number of methoxy groups -OCH3 is 1. The number of pyridine rings is 2. The van der Waals surface area contributed by atoms with Crippen LogP contribution in [0.5, 0.6) is 5.75 Å². The standard InChI is InChI=1S/C24H29N5O2.C22H27N5O2S/c1-17-5-3-4-12-29(17)24-26-22-20(23(27-24)28-13-15-31-16-14-28)10-11-21(25-22)18-6-8-19(30-2)9-7-18;1-14-12-27(13-15(2)29-14)22-24-20-17(21(25-22)26-8-10-28-11-9-26)5-6-18(23-20)19-7-4-16(3)30-19/h6-11,17H,3-5,12-16H2,1-2H3;4-7,14-15H,8-13H2,1-3H3. The molecule has 4 aliphatic rings. The topological polar surface area (TPSA) is 127 Å². The van der Waals surface area contributed by atoms with Crippen molar-refractivity contribution in [2.24, 2.45) is 0 Å². The molecule has 4 fully saturated rings. The molecule has 0 spiro atoms.